The van der Waals surface area contributed by atoms with E-state index in [-0.39, 0.29) is 22.3 Å². The highest BCUT2D eigenvalue weighted by molar-refractivity contribution is 7.80. The molecular weight excluding hydrogens is 256 g/mol. The highest BCUT2D eigenvalue weighted by Gasteiger charge is 2.16. The zero-order chi connectivity index (χ0) is 13.9. The highest BCUT2D eigenvalue weighted by atomic mass is 32.1. The minimum atomic E-state index is -1.01. The van der Waals surface area contributed by atoms with Crippen LogP contribution >= 0.6 is 12.2 Å². The number of anilines is 1. The van der Waals surface area contributed by atoms with Gasteiger partial charge in [0.2, 0.25) is 0 Å². The molecule has 1 atom stereocenters. The third-order valence-electron chi connectivity index (χ3n) is 2.39. The third-order valence-corrected chi connectivity index (χ3v) is 2.61. The van der Waals surface area contributed by atoms with Gasteiger partial charge in [-0.15, -0.1) is 0 Å². The summed E-state index contributed by atoms with van der Waals surface area (Å²) in [7, 11) is 3.82. The number of nitrogens with zero attached hydrogens (tertiary/aromatic N) is 1. The first-order valence-electron chi connectivity index (χ1n) is 5.52. The van der Waals surface area contributed by atoms with Crippen LogP contribution in [0.1, 0.15) is 12.5 Å². The molecule has 6 heteroatoms. The Labute approximate surface area is 111 Å². The number of benzene rings is 1. The van der Waals surface area contributed by atoms with Gasteiger partial charge in [0.05, 0.1) is 5.69 Å². The lowest BCUT2D eigenvalue weighted by Gasteiger charge is -2.20. The SMILES string of the molecule is CC(CN(C)C)Nc1ccc(C(N)=S)c(F)c1F. The first-order chi connectivity index (χ1) is 8.32. The summed E-state index contributed by atoms with van der Waals surface area (Å²) in [5.74, 6) is -1.96. The molecule has 0 bridgehead atoms. The van der Waals surface area contributed by atoms with Crippen molar-refractivity contribution in [2.24, 2.45) is 5.73 Å². The van der Waals surface area contributed by atoms with Crippen LogP contribution < -0.4 is 11.1 Å². The van der Waals surface area contributed by atoms with Gasteiger partial charge in [0, 0.05) is 18.2 Å². The molecule has 0 aromatic heterocycles. The van der Waals surface area contributed by atoms with Crippen LogP contribution in [0.15, 0.2) is 12.1 Å². The van der Waals surface area contributed by atoms with Crippen molar-refractivity contribution in [2.75, 3.05) is 26.0 Å². The monoisotopic (exact) mass is 273 g/mol. The summed E-state index contributed by atoms with van der Waals surface area (Å²) >= 11 is 4.64. The summed E-state index contributed by atoms with van der Waals surface area (Å²) in [5.41, 5.74) is 5.34. The summed E-state index contributed by atoms with van der Waals surface area (Å²) in [5, 5.41) is 2.91. The molecule has 18 heavy (non-hydrogen) atoms. The van der Waals surface area contributed by atoms with E-state index in [0.29, 0.717) is 6.54 Å². The zero-order valence-corrected chi connectivity index (χ0v) is 11.4. The normalized spacial score (nSPS) is 12.6. The van der Waals surface area contributed by atoms with Gasteiger partial charge in [-0.05, 0) is 33.2 Å². The summed E-state index contributed by atoms with van der Waals surface area (Å²) in [6, 6.07) is 2.81. The predicted molar refractivity (Wildman–Crippen MR) is 73.9 cm³/mol. The van der Waals surface area contributed by atoms with Crippen molar-refractivity contribution in [3.05, 3.63) is 29.3 Å². The maximum atomic E-state index is 13.8. The van der Waals surface area contributed by atoms with E-state index < -0.39 is 11.6 Å². The number of likely N-dealkylation sites (N-methyl/N-ethyl adjacent to an activating group) is 1. The molecule has 0 aliphatic rings. The van der Waals surface area contributed by atoms with E-state index in [1.54, 1.807) is 0 Å². The van der Waals surface area contributed by atoms with Crippen molar-refractivity contribution in [1.29, 1.82) is 0 Å². The molecule has 1 aromatic rings. The third kappa shape index (κ3) is 3.61. The quantitative estimate of drug-likeness (QED) is 0.805. The second-order valence-electron chi connectivity index (χ2n) is 4.46. The lowest BCUT2D eigenvalue weighted by molar-refractivity contribution is 0.391. The van der Waals surface area contributed by atoms with E-state index >= 15 is 0 Å². The van der Waals surface area contributed by atoms with Crippen LogP contribution in [-0.4, -0.2) is 36.6 Å². The van der Waals surface area contributed by atoms with E-state index in [9.17, 15) is 8.78 Å². The lowest BCUT2D eigenvalue weighted by atomic mass is 10.1. The maximum absolute atomic E-state index is 13.8. The fourth-order valence-corrected chi connectivity index (χ4v) is 1.87. The van der Waals surface area contributed by atoms with Crippen molar-refractivity contribution < 1.29 is 8.78 Å². The summed E-state index contributed by atoms with van der Waals surface area (Å²) in [6.45, 7) is 2.59. The molecule has 0 amide bonds. The number of nitrogens with two attached hydrogens (primary N) is 1. The van der Waals surface area contributed by atoms with Crippen molar-refractivity contribution in [2.45, 2.75) is 13.0 Å². The minimum absolute atomic E-state index is 0.00965. The van der Waals surface area contributed by atoms with E-state index in [1.165, 1.54) is 12.1 Å². The van der Waals surface area contributed by atoms with Crippen molar-refractivity contribution in [3.8, 4) is 0 Å². The Morgan fingerprint density at radius 2 is 2.00 bits per heavy atom. The maximum Gasteiger partial charge on any atom is 0.182 e. The molecule has 3 nitrogen and oxygen atoms in total. The van der Waals surface area contributed by atoms with Gasteiger partial charge in [-0.25, -0.2) is 8.78 Å². The van der Waals surface area contributed by atoms with Crippen LogP contribution in [-0.2, 0) is 0 Å². The molecule has 1 aromatic carbocycles. The molecule has 0 fully saturated rings. The standard InChI is InChI=1S/C12H17F2N3S/c1-7(6-17(2)3)16-9-5-4-8(12(15)18)10(13)11(9)14/h4-5,7,16H,6H2,1-3H3,(H2,15,18). The Morgan fingerprint density at radius 3 is 2.50 bits per heavy atom. The number of hydrogen-bond donors (Lipinski definition) is 2. The topological polar surface area (TPSA) is 41.3 Å². The largest absolute Gasteiger partial charge is 0.389 e. The molecule has 0 aliphatic carbocycles. The van der Waals surface area contributed by atoms with Gasteiger partial charge >= 0.3 is 0 Å². The summed E-state index contributed by atoms with van der Waals surface area (Å²) in [4.78, 5) is 1.80. The average Bonchev–Trinajstić information content (AvgIpc) is 2.23. The second kappa shape index (κ2) is 6.06. The van der Waals surface area contributed by atoms with Crippen molar-refractivity contribution in [1.82, 2.24) is 4.90 Å². The van der Waals surface area contributed by atoms with Gasteiger partial charge in [-0.2, -0.15) is 0 Å². The van der Waals surface area contributed by atoms with Gasteiger partial charge < -0.3 is 16.0 Å². The molecule has 0 saturated heterocycles. The number of halogens is 2. The van der Waals surface area contributed by atoms with E-state index in [4.69, 9.17) is 5.73 Å². The Kier molecular flexibility index (Phi) is 4.98. The number of hydrogen-bond acceptors (Lipinski definition) is 3. The molecule has 0 radical (unpaired) electrons. The molecular formula is C12H17F2N3S. The fourth-order valence-electron chi connectivity index (χ4n) is 1.71. The number of thiocarbonyl (C=S) groups is 1. The summed E-state index contributed by atoms with van der Waals surface area (Å²) < 4.78 is 27.4. The fraction of sp³-hybridized carbons (Fsp3) is 0.417. The molecule has 100 valence electrons. The van der Waals surface area contributed by atoms with Gasteiger partial charge in [-0.3, -0.25) is 0 Å². The Bertz CT molecular complexity index is 449. The van der Waals surface area contributed by atoms with E-state index in [0.717, 1.165) is 0 Å². The van der Waals surface area contributed by atoms with Gasteiger partial charge in [-0.1, -0.05) is 12.2 Å². The predicted octanol–water partition coefficient (Wildman–Crippen LogP) is 1.96. The molecule has 1 rings (SSSR count). The first kappa shape index (κ1) is 14.8. The Hall–Kier alpha value is -1.27. The molecule has 3 N–H and O–H groups in total. The second-order valence-corrected chi connectivity index (χ2v) is 4.90. The Balaban J connectivity index is 2.92. The van der Waals surface area contributed by atoms with Crippen LogP contribution in [0.4, 0.5) is 14.5 Å². The zero-order valence-electron chi connectivity index (χ0n) is 10.6. The molecule has 0 saturated carbocycles. The number of nitrogens with one attached hydrogen (secondary N) is 1. The molecule has 0 heterocycles. The summed E-state index contributed by atoms with van der Waals surface area (Å²) in [6.07, 6.45) is 0. The highest BCUT2D eigenvalue weighted by Crippen LogP contribution is 2.21. The average molecular weight is 273 g/mol. The smallest absolute Gasteiger partial charge is 0.182 e. The van der Waals surface area contributed by atoms with E-state index in [2.05, 4.69) is 17.5 Å². The van der Waals surface area contributed by atoms with Crippen LogP contribution in [0.3, 0.4) is 0 Å². The van der Waals surface area contributed by atoms with E-state index in [1.807, 2.05) is 25.9 Å². The van der Waals surface area contributed by atoms with Crippen molar-refractivity contribution >= 4 is 22.9 Å². The van der Waals surface area contributed by atoms with Gasteiger partial charge in [0.1, 0.15) is 4.99 Å². The molecule has 1 unspecified atom stereocenters. The Morgan fingerprint density at radius 1 is 1.39 bits per heavy atom. The van der Waals surface area contributed by atoms with Crippen LogP contribution in [0.2, 0.25) is 0 Å². The van der Waals surface area contributed by atoms with Crippen molar-refractivity contribution in [3.63, 3.8) is 0 Å². The first-order valence-corrected chi connectivity index (χ1v) is 5.92. The minimum Gasteiger partial charge on any atom is -0.389 e. The van der Waals surface area contributed by atoms with Crippen LogP contribution in [0.25, 0.3) is 0 Å². The van der Waals surface area contributed by atoms with Crippen LogP contribution in [0, 0.1) is 11.6 Å². The van der Waals surface area contributed by atoms with Gasteiger partial charge in [0.25, 0.3) is 0 Å². The lowest BCUT2D eigenvalue weighted by Crippen LogP contribution is -2.30. The number of rotatable bonds is 5. The van der Waals surface area contributed by atoms with Gasteiger partial charge in [0.15, 0.2) is 11.6 Å². The van der Waals surface area contributed by atoms with Crippen LogP contribution in [0.5, 0.6) is 0 Å². The molecule has 0 aliphatic heterocycles. The molecule has 0 spiro atoms.